The highest BCUT2D eigenvalue weighted by atomic mass is 16.5. The van der Waals surface area contributed by atoms with Crippen molar-refractivity contribution in [2.75, 3.05) is 14.2 Å². The van der Waals surface area contributed by atoms with Gasteiger partial charge in [-0.3, -0.25) is 5.10 Å². The van der Waals surface area contributed by atoms with Crippen LogP contribution < -0.4 is 14.8 Å². The van der Waals surface area contributed by atoms with Crippen LogP contribution in [0.5, 0.6) is 17.2 Å². The highest BCUT2D eigenvalue weighted by molar-refractivity contribution is 5.52. The first-order valence-corrected chi connectivity index (χ1v) is 5.73. The van der Waals surface area contributed by atoms with E-state index in [1.165, 1.54) is 20.5 Å². The first-order valence-electron chi connectivity index (χ1n) is 5.73. The van der Waals surface area contributed by atoms with Crippen LogP contribution in [0.15, 0.2) is 18.5 Å². The van der Waals surface area contributed by atoms with E-state index in [2.05, 4.69) is 20.5 Å². The Balaban J connectivity index is 2.03. The van der Waals surface area contributed by atoms with Gasteiger partial charge in [0.2, 0.25) is 5.75 Å². The minimum absolute atomic E-state index is 0.00369. The number of phenolic OH excluding ortho intramolecular Hbond substituents is 1. The van der Waals surface area contributed by atoms with Crippen LogP contribution in [0.2, 0.25) is 0 Å². The van der Waals surface area contributed by atoms with Gasteiger partial charge in [-0.1, -0.05) is 0 Å². The van der Waals surface area contributed by atoms with Crippen LogP contribution in [-0.4, -0.2) is 34.5 Å². The fraction of sp³-hybridized carbons (Fsp3) is 0.333. The molecule has 0 saturated heterocycles. The molecule has 0 atom stereocenters. The van der Waals surface area contributed by atoms with Gasteiger partial charge in [0.1, 0.15) is 12.2 Å². The number of rotatable bonds is 6. The summed E-state index contributed by atoms with van der Waals surface area (Å²) >= 11 is 0. The molecule has 19 heavy (non-hydrogen) atoms. The van der Waals surface area contributed by atoms with E-state index in [1.54, 1.807) is 12.1 Å². The normalized spacial score (nSPS) is 10.4. The Morgan fingerprint density at radius 2 is 1.89 bits per heavy atom. The number of H-pyrrole nitrogens is 1. The molecule has 0 aliphatic rings. The molecular formula is C12H16N4O3. The van der Waals surface area contributed by atoms with E-state index >= 15 is 0 Å². The molecule has 0 radical (unpaired) electrons. The highest BCUT2D eigenvalue weighted by Crippen LogP contribution is 2.36. The fourth-order valence-electron chi connectivity index (χ4n) is 1.69. The van der Waals surface area contributed by atoms with E-state index in [1.807, 2.05) is 0 Å². The lowest BCUT2D eigenvalue weighted by atomic mass is 10.2. The lowest BCUT2D eigenvalue weighted by molar-refractivity contribution is 0.339. The topological polar surface area (TPSA) is 92.3 Å². The molecule has 0 bridgehead atoms. The summed E-state index contributed by atoms with van der Waals surface area (Å²) < 4.78 is 10.2. The molecule has 1 aromatic heterocycles. The van der Waals surface area contributed by atoms with Gasteiger partial charge in [-0.2, -0.15) is 5.10 Å². The molecule has 102 valence electrons. The number of hydrogen-bond acceptors (Lipinski definition) is 6. The Morgan fingerprint density at radius 3 is 2.42 bits per heavy atom. The third-order valence-corrected chi connectivity index (χ3v) is 2.63. The van der Waals surface area contributed by atoms with Gasteiger partial charge < -0.3 is 19.9 Å². The maximum absolute atomic E-state index is 9.80. The zero-order chi connectivity index (χ0) is 13.7. The molecule has 7 nitrogen and oxygen atoms in total. The van der Waals surface area contributed by atoms with Crippen LogP contribution in [0, 0.1) is 0 Å². The van der Waals surface area contributed by atoms with Gasteiger partial charge in [-0.15, -0.1) is 0 Å². The van der Waals surface area contributed by atoms with Gasteiger partial charge >= 0.3 is 0 Å². The molecular weight excluding hydrogens is 248 g/mol. The second kappa shape index (κ2) is 6.05. The van der Waals surface area contributed by atoms with E-state index in [-0.39, 0.29) is 5.75 Å². The summed E-state index contributed by atoms with van der Waals surface area (Å²) in [7, 11) is 3.00. The largest absolute Gasteiger partial charge is 0.502 e. The molecule has 2 rings (SSSR count). The van der Waals surface area contributed by atoms with Crippen molar-refractivity contribution in [3.05, 3.63) is 29.8 Å². The van der Waals surface area contributed by atoms with E-state index in [0.29, 0.717) is 24.6 Å². The van der Waals surface area contributed by atoms with Gasteiger partial charge in [0.05, 0.1) is 20.8 Å². The number of hydrogen-bond donors (Lipinski definition) is 3. The molecule has 2 aromatic rings. The Bertz CT molecular complexity index is 503. The predicted molar refractivity (Wildman–Crippen MR) is 68.1 cm³/mol. The minimum Gasteiger partial charge on any atom is -0.502 e. The summed E-state index contributed by atoms with van der Waals surface area (Å²) in [5.41, 5.74) is 0.936. The number of aromatic nitrogens is 3. The molecule has 0 unspecified atom stereocenters. The maximum atomic E-state index is 9.80. The number of benzene rings is 1. The lowest BCUT2D eigenvalue weighted by Crippen LogP contribution is -2.14. The second-order valence-corrected chi connectivity index (χ2v) is 3.88. The van der Waals surface area contributed by atoms with Crippen molar-refractivity contribution in [3.8, 4) is 17.2 Å². The van der Waals surface area contributed by atoms with Crippen LogP contribution >= 0.6 is 0 Å². The highest BCUT2D eigenvalue weighted by Gasteiger charge is 2.10. The smallest absolute Gasteiger partial charge is 0.200 e. The quantitative estimate of drug-likeness (QED) is 0.715. The average molecular weight is 264 g/mol. The Hall–Kier alpha value is -2.28. The molecule has 3 N–H and O–H groups in total. The van der Waals surface area contributed by atoms with Gasteiger partial charge in [0, 0.05) is 6.54 Å². The van der Waals surface area contributed by atoms with Crippen LogP contribution in [0.4, 0.5) is 0 Å². The first-order chi connectivity index (χ1) is 9.24. The maximum Gasteiger partial charge on any atom is 0.200 e. The first kappa shape index (κ1) is 13.2. The predicted octanol–water partition coefficient (Wildman–Crippen LogP) is 0.817. The van der Waals surface area contributed by atoms with Crippen molar-refractivity contribution in [3.63, 3.8) is 0 Å². The van der Waals surface area contributed by atoms with E-state index in [9.17, 15) is 5.11 Å². The average Bonchev–Trinajstić information content (AvgIpc) is 2.93. The van der Waals surface area contributed by atoms with E-state index in [4.69, 9.17) is 9.47 Å². The van der Waals surface area contributed by atoms with Gasteiger partial charge in [-0.05, 0) is 17.7 Å². The van der Waals surface area contributed by atoms with Crippen LogP contribution in [0.3, 0.4) is 0 Å². The fourth-order valence-corrected chi connectivity index (χ4v) is 1.69. The Morgan fingerprint density at radius 1 is 1.21 bits per heavy atom. The third-order valence-electron chi connectivity index (χ3n) is 2.63. The number of aromatic amines is 1. The standard InChI is InChI=1S/C12H16N4O3/c1-18-9-3-8(4-10(19-2)12(9)17)5-13-6-11-14-7-15-16-11/h3-4,7,13,17H,5-6H2,1-2H3,(H,14,15,16). The van der Waals surface area contributed by atoms with Crippen molar-refractivity contribution < 1.29 is 14.6 Å². The van der Waals surface area contributed by atoms with Crippen LogP contribution in [0.25, 0.3) is 0 Å². The summed E-state index contributed by atoms with van der Waals surface area (Å²) in [5, 5.41) is 19.5. The van der Waals surface area contributed by atoms with E-state index in [0.717, 1.165) is 11.4 Å². The Kier molecular flexibility index (Phi) is 4.19. The zero-order valence-corrected chi connectivity index (χ0v) is 10.8. The van der Waals surface area contributed by atoms with Gasteiger partial charge in [0.15, 0.2) is 11.5 Å². The van der Waals surface area contributed by atoms with Crippen molar-refractivity contribution in [1.82, 2.24) is 20.5 Å². The number of methoxy groups -OCH3 is 2. The Labute approximate surface area is 110 Å². The number of nitrogens with one attached hydrogen (secondary N) is 2. The molecule has 0 aliphatic heterocycles. The van der Waals surface area contributed by atoms with Crippen LogP contribution in [-0.2, 0) is 13.1 Å². The molecule has 7 heteroatoms. The van der Waals surface area contributed by atoms with Crippen molar-refractivity contribution in [2.45, 2.75) is 13.1 Å². The lowest BCUT2D eigenvalue weighted by Gasteiger charge is -2.11. The molecule has 0 aliphatic carbocycles. The second-order valence-electron chi connectivity index (χ2n) is 3.88. The summed E-state index contributed by atoms with van der Waals surface area (Å²) in [6, 6.07) is 3.51. The monoisotopic (exact) mass is 264 g/mol. The van der Waals surface area contributed by atoms with Crippen LogP contribution in [0.1, 0.15) is 11.4 Å². The summed E-state index contributed by atoms with van der Waals surface area (Å²) in [4.78, 5) is 4.01. The zero-order valence-electron chi connectivity index (χ0n) is 10.8. The van der Waals surface area contributed by atoms with Crippen molar-refractivity contribution >= 4 is 0 Å². The number of nitrogens with zero attached hydrogens (tertiary/aromatic N) is 2. The molecule has 0 fully saturated rings. The third kappa shape index (κ3) is 3.14. The number of aromatic hydroxyl groups is 1. The molecule has 0 saturated carbocycles. The number of phenols is 1. The van der Waals surface area contributed by atoms with Crippen molar-refractivity contribution in [2.24, 2.45) is 0 Å². The van der Waals surface area contributed by atoms with Gasteiger partial charge in [0.25, 0.3) is 0 Å². The van der Waals surface area contributed by atoms with Crippen molar-refractivity contribution in [1.29, 1.82) is 0 Å². The minimum atomic E-state index is 0.00369. The molecule has 0 spiro atoms. The summed E-state index contributed by atoms with van der Waals surface area (Å²) in [6.07, 6.45) is 1.46. The molecule has 1 heterocycles. The summed E-state index contributed by atoms with van der Waals surface area (Å²) in [6.45, 7) is 1.17. The molecule has 0 amide bonds. The molecule has 1 aromatic carbocycles. The SMILES string of the molecule is COc1cc(CNCc2ncn[nH]2)cc(OC)c1O. The number of ether oxygens (including phenoxy) is 2. The van der Waals surface area contributed by atoms with Gasteiger partial charge in [-0.25, -0.2) is 4.98 Å². The van der Waals surface area contributed by atoms with E-state index < -0.39 is 0 Å². The summed E-state index contributed by atoms with van der Waals surface area (Å²) in [5.74, 6) is 1.54.